The lowest BCUT2D eigenvalue weighted by atomic mass is 10.1. The first kappa shape index (κ1) is 15.7. The number of carbonyl (C=O) groups excluding carboxylic acids is 2. The van der Waals surface area contributed by atoms with Gasteiger partial charge in [0.2, 0.25) is 5.91 Å². The van der Waals surface area contributed by atoms with Crippen LogP contribution in [0.2, 0.25) is 0 Å². The molecule has 0 aliphatic rings. The zero-order valence-electron chi connectivity index (χ0n) is 11.3. The second-order valence-electron chi connectivity index (χ2n) is 4.43. The molecule has 0 heterocycles. The topological polar surface area (TPSA) is 95.5 Å². The van der Waals surface area contributed by atoms with Gasteiger partial charge in [-0.3, -0.25) is 14.4 Å². The molecule has 6 heteroatoms. The van der Waals surface area contributed by atoms with E-state index in [-0.39, 0.29) is 24.9 Å². The molecule has 0 fully saturated rings. The van der Waals surface area contributed by atoms with Gasteiger partial charge in [-0.2, -0.15) is 0 Å². The van der Waals surface area contributed by atoms with Gasteiger partial charge in [-0.05, 0) is 18.6 Å². The maximum Gasteiger partial charge on any atom is 0.306 e. The second kappa shape index (κ2) is 7.93. The summed E-state index contributed by atoms with van der Waals surface area (Å²) in [6, 6.07) is 8.58. The van der Waals surface area contributed by atoms with Crippen LogP contribution in [0.1, 0.15) is 23.7 Å². The minimum atomic E-state index is -0.892. The van der Waals surface area contributed by atoms with Gasteiger partial charge in [-0.1, -0.05) is 25.1 Å². The molecule has 6 nitrogen and oxygen atoms in total. The summed E-state index contributed by atoms with van der Waals surface area (Å²) in [7, 11) is 0. The van der Waals surface area contributed by atoms with Gasteiger partial charge in [0.05, 0.1) is 12.5 Å². The highest BCUT2D eigenvalue weighted by Crippen LogP contribution is 1.99. The van der Waals surface area contributed by atoms with Crippen LogP contribution in [-0.2, 0) is 9.59 Å². The molecule has 1 unspecified atom stereocenters. The third-order valence-corrected chi connectivity index (χ3v) is 2.77. The van der Waals surface area contributed by atoms with Crippen LogP contribution in [0.15, 0.2) is 30.3 Å². The number of rotatable bonds is 7. The highest BCUT2D eigenvalue weighted by atomic mass is 16.4. The van der Waals surface area contributed by atoms with Gasteiger partial charge in [0.25, 0.3) is 5.91 Å². The molecule has 0 aliphatic carbocycles. The molecule has 0 aliphatic heterocycles. The molecular weight excluding hydrogens is 260 g/mol. The number of hydrogen-bond acceptors (Lipinski definition) is 3. The SMILES string of the molecule is CC(CCNC(=O)CNC(=O)c1ccccc1)C(=O)O. The first-order valence-corrected chi connectivity index (χ1v) is 6.33. The van der Waals surface area contributed by atoms with E-state index in [2.05, 4.69) is 10.6 Å². The Kier molecular flexibility index (Phi) is 6.22. The van der Waals surface area contributed by atoms with Crippen molar-refractivity contribution >= 4 is 17.8 Å². The molecule has 1 aromatic carbocycles. The quantitative estimate of drug-likeness (QED) is 0.682. The molecule has 1 aromatic rings. The molecule has 0 saturated carbocycles. The number of hydrogen-bond donors (Lipinski definition) is 3. The Morgan fingerprint density at radius 1 is 1.15 bits per heavy atom. The molecule has 0 aromatic heterocycles. The van der Waals surface area contributed by atoms with Crippen LogP contribution in [0, 0.1) is 5.92 Å². The molecule has 3 N–H and O–H groups in total. The van der Waals surface area contributed by atoms with Crippen LogP contribution in [0.4, 0.5) is 0 Å². The molecule has 0 bridgehead atoms. The third-order valence-electron chi connectivity index (χ3n) is 2.77. The van der Waals surface area contributed by atoms with Crippen LogP contribution in [0.3, 0.4) is 0 Å². The van der Waals surface area contributed by atoms with Crippen molar-refractivity contribution in [2.45, 2.75) is 13.3 Å². The van der Waals surface area contributed by atoms with Crippen LogP contribution >= 0.6 is 0 Å². The number of benzene rings is 1. The van der Waals surface area contributed by atoms with Crippen molar-refractivity contribution in [2.75, 3.05) is 13.1 Å². The molecule has 1 rings (SSSR count). The summed E-state index contributed by atoms with van der Waals surface area (Å²) in [6.07, 6.45) is 0.355. The monoisotopic (exact) mass is 278 g/mol. The Morgan fingerprint density at radius 3 is 2.40 bits per heavy atom. The summed E-state index contributed by atoms with van der Waals surface area (Å²) < 4.78 is 0. The van der Waals surface area contributed by atoms with Crippen LogP contribution in [0.25, 0.3) is 0 Å². The largest absolute Gasteiger partial charge is 0.481 e. The molecule has 0 spiro atoms. The zero-order valence-corrected chi connectivity index (χ0v) is 11.3. The minimum absolute atomic E-state index is 0.130. The van der Waals surface area contributed by atoms with Gasteiger partial charge in [0, 0.05) is 12.1 Å². The average Bonchev–Trinajstić information content (AvgIpc) is 2.45. The van der Waals surface area contributed by atoms with Crippen molar-refractivity contribution in [1.82, 2.24) is 10.6 Å². The van der Waals surface area contributed by atoms with E-state index in [0.29, 0.717) is 12.0 Å². The summed E-state index contributed by atoms with van der Waals surface area (Å²) in [5.41, 5.74) is 0.486. The fraction of sp³-hybridized carbons (Fsp3) is 0.357. The third kappa shape index (κ3) is 5.51. The van der Waals surface area contributed by atoms with Gasteiger partial charge in [0.1, 0.15) is 0 Å². The van der Waals surface area contributed by atoms with E-state index < -0.39 is 11.9 Å². The van der Waals surface area contributed by atoms with Crippen LogP contribution in [-0.4, -0.2) is 36.0 Å². The van der Waals surface area contributed by atoms with Gasteiger partial charge in [-0.25, -0.2) is 0 Å². The van der Waals surface area contributed by atoms with Gasteiger partial charge in [-0.15, -0.1) is 0 Å². The minimum Gasteiger partial charge on any atom is -0.481 e. The lowest BCUT2D eigenvalue weighted by molar-refractivity contribution is -0.141. The van der Waals surface area contributed by atoms with Crippen molar-refractivity contribution in [1.29, 1.82) is 0 Å². The fourth-order valence-corrected chi connectivity index (χ4v) is 1.47. The fourth-order valence-electron chi connectivity index (χ4n) is 1.47. The summed E-state index contributed by atoms with van der Waals surface area (Å²) in [4.78, 5) is 33.7. The molecule has 108 valence electrons. The first-order chi connectivity index (χ1) is 9.50. The first-order valence-electron chi connectivity index (χ1n) is 6.33. The number of carboxylic acid groups (broad SMARTS) is 1. The Labute approximate surface area is 117 Å². The van der Waals surface area contributed by atoms with Gasteiger partial charge in [0.15, 0.2) is 0 Å². The van der Waals surface area contributed by atoms with E-state index in [1.54, 1.807) is 37.3 Å². The predicted molar refractivity (Wildman–Crippen MR) is 73.2 cm³/mol. The summed E-state index contributed by atoms with van der Waals surface area (Å²) in [6.45, 7) is 1.72. The lowest BCUT2D eigenvalue weighted by Gasteiger charge is -2.08. The van der Waals surface area contributed by atoms with Crippen LogP contribution < -0.4 is 10.6 Å². The maximum atomic E-state index is 11.7. The van der Waals surface area contributed by atoms with Crippen molar-refractivity contribution in [2.24, 2.45) is 5.92 Å². The van der Waals surface area contributed by atoms with E-state index in [4.69, 9.17) is 5.11 Å². The second-order valence-corrected chi connectivity index (χ2v) is 4.43. The molecular formula is C14H18N2O4. The zero-order chi connectivity index (χ0) is 15.0. The Bertz CT molecular complexity index is 473. The van der Waals surface area contributed by atoms with E-state index in [1.807, 2.05) is 0 Å². The number of nitrogens with one attached hydrogen (secondary N) is 2. The number of carboxylic acids is 1. The van der Waals surface area contributed by atoms with Gasteiger partial charge >= 0.3 is 5.97 Å². The van der Waals surface area contributed by atoms with Gasteiger partial charge < -0.3 is 15.7 Å². The van der Waals surface area contributed by atoms with E-state index >= 15 is 0 Å². The Hall–Kier alpha value is -2.37. The van der Waals surface area contributed by atoms with Crippen molar-refractivity contribution in [3.63, 3.8) is 0 Å². The standard InChI is InChI=1S/C14H18N2O4/c1-10(14(19)20)7-8-15-12(17)9-16-13(18)11-5-3-2-4-6-11/h2-6,10H,7-9H2,1H3,(H,15,17)(H,16,18)(H,19,20). The maximum absolute atomic E-state index is 11.7. The van der Waals surface area contributed by atoms with Crippen LogP contribution in [0.5, 0.6) is 0 Å². The van der Waals surface area contributed by atoms with Crippen molar-refractivity contribution in [3.05, 3.63) is 35.9 Å². The molecule has 2 amide bonds. The Balaban J connectivity index is 2.23. The average molecular weight is 278 g/mol. The number of amides is 2. The predicted octanol–water partition coefficient (Wildman–Crippen LogP) is 0.643. The summed E-state index contributed by atoms with van der Waals surface area (Å²) in [5.74, 6) is -2.06. The highest BCUT2D eigenvalue weighted by Gasteiger charge is 2.11. The normalized spacial score (nSPS) is 11.4. The van der Waals surface area contributed by atoms with Crippen molar-refractivity contribution in [3.8, 4) is 0 Å². The summed E-state index contributed by atoms with van der Waals surface area (Å²) in [5, 5.41) is 13.7. The van der Waals surface area contributed by atoms with E-state index in [1.165, 1.54) is 0 Å². The molecule has 1 atom stereocenters. The molecule has 0 saturated heterocycles. The molecule has 20 heavy (non-hydrogen) atoms. The Morgan fingerprint density at radius 2 is 1.80 bits per heavy atom. The molecule has 0 radical (unpaired) electrons. The lowest BCUT2D eigenvalue weighted by Crippen LogP contribution is -2.37. The van der Waals surface area contributed by atoms with E-state index in [9.17, 15) is 14.4 Å². The summed E-state index contributed by atoms with van der Waals surface area (Å²) >= 11 is 0. The number of carbonyl (C=O) groups is 3. The smallest absolute Gasteiger partial charge is 0.306 e. The number of aliphatic carboxylic acids is 1. The highest BCUT2D eigenvalue weighted by molar-refractivity contribution is 5.96. The van der Waals surface area contributed by atoms with Crippen molar-refractivity contribution < 1.29 is 19.5 Å². The van der Waals surface area contributed by atoms with E-state index in [0.717, 1.165) is 0 Å².